The first-order valence-electron chi connectivity index (χ1n) is 9.13. The van der Waals surface area contributed by atoms with E-state index < -0.39 is 17.7 Å². The van der Waals surface area contributed by atoms with Gasteiger partial charge in [-0.05, 0) is 54.1 Å². The summed E-state index contributed by atoms with van der Waals surface area (Å²) in [6.07, 6.45) is 0.0251. The van der Waals surface area contributed by atoms with Crippen LogP contribution in [0.5, 0.6) is 5.75 Å². The molecule has 0 heterocycles. The fourth-order valence-electron chi connectivity index (χ4n) is 2.78. The molecule has 3 rings (SSSR count). The Morgan fingerprint density at radius 1 is 0.867 bits per heavy atom. The molecule has 2 N–H and O–H groups in total. The number of halogens is 1. The van der Waals surface area contributed by atoms with E-state index in [0.717, 1.165) is 0 Å². The molecule has 3 aromatic carbocycles. The van der Waals surface area contributed by atoms with Crippen molar-refractivity contribution in [3.8, 4) is 5.75 Å². The maximum Gasteiger partial charge on any atom is 0.308 e. The normalized spacial score (nSPS) is 10.2. The lowest BCUT2D eigenvalue weighted by atomic mass is 10.1. The van der Waals surface area contributed by atoms with E-state index in [-0.39, 0.29) is 18.1 Å². The molecule has 2 amide bonds. The summed E-state index contributed by atoms with van der Waals surface area (Å²) in [4.78, 5) is 35.8. The molecule has 7 heteroatoms. The number of ether oxygens (including phenoxy) is 1. The minimum absolute atomic E-state index is 0.0251. The van der Waals surface area contributed by atoms with Crippen molar-refractivity contribution in [3.63, 3.8) is 0 Å². The number of nitrogens with one attached hydrogen (secondary N) is 2. The number of benzene rings is 3. The Bertz CT molecular complexity index is 1100. The van der Waals surface area contributed by atoms with Crippen molar-refractivity contribution in [2.45, 2.75) is 13.3 Å². The van der Waals surface area contributed by atoms with E-state index >= 15 is 0 Å². The molecule has 6 nitrogen and oxygen atoms in total. The van der Waals surface area contributed by atoms with Crippen LogP contribution in [0.15, 0.2) is 72.8 Å². The highest BCUT2D eigenvalue weighted by atomic mass is 19.1. The number of carbonyl (C=O) groups excluding carboxylic acids is 3. The number of anilines is 2. The van der Waals surface area contributed by atoms with Crippen LogP contribution in [0.25, 0.3) is 0 Å². The van der Waals surface area contributed by atoms with Gasteiger partial charge in [-0.2, -0.15) is 0 Å². The molecule has 0 aliphatic rings. The van der Waals surface area contributed by atoms with Crippen LogP contribution in [-0.4, -0.2) is 17.8 Å². The Kier molecular flexibility index (Phi) is 6.54. The summed E-state index contributed by atoms with van der Waals surface area (Å²) in [7, 11) is 0. The summed E-state index contributed by atoms with van der Waals surface area (Å²) in [5.41, 5.74) is 1.84. The lowest BCUT2D eigenvalue weighted by Crippen LogP contribution is -2.15. The minimum atomic E-state index is -0.478. The molecule has 0 atom stereocenters. The van der Waals surface area contributed by atoms with E-state index in [1.165, 1.54) is 25.1 Å². The molecule has 0 saturated carbocycles. The quantitative estimate of drug-likeness (QED) is 0.475. The Balaban J connectivity index is 1.64. The van der Waals surface area contributed by atoms with Gasteiger partial charge in [-0.1, -0.05) is 24.3 Å². The summed E-state index contributed by atoms with van der Waals surface area (Å²) < 4.78 is 18.2. The third-order valence-corrected chi connectivity index (χ3v) is 4.02. The number of hydrogen-bond donors (Lipinski definition) is 2. The number of amides is 2. The summed E-state index contributed by atoms with van der Waals surface area (Å²) in [6, 6.07) is 18.7. The first-order chi connectivity index (χ1) is 14.4. The second kappa shape index (κ2) is 9.47. The molecule has 3 aromatic rings. The van der Waals surface area contributed by atoms with E-state index in [0.29, 0.717) is 22.5 Å². The van der Waals surface area contributed by atoms with Crippen LogP contribution in [-0.2, 0) is 16.0 Å². The molecule has 0 aliphatic carbocycles. The van der Waals surface area contributed by atoms with Crippen LogP contribution in [0, 0.1) is 5.82 Å². The lowest BCUT2D eigenvalue weighted by Gasteiger charge is -2.10. The molecule has 152 valence electrons. The molecule has 0 aliphatic heterocycles. The van der Waals surface area contributed by atoms with Crippen molar-refractivity contribution in [3.05, 3.63) is 89.7 Å². The van der Waals surface area contributed by atoms with E-state index in [1.54, 1.807) is 54.6 Å². The van der Waals surface area contributed by atoms with E-state index in [1.807, 2.05) is 0 Å². The maximum absolute atomic E-state index is 13.2. The van der Waals surface area contributed by atoms with Crippen LogP contribution < -0.4 is 15.4 Å². The number of carbonyl (C=O) groups is 3. The van der Waals surface area contributed by atoms with E-state index in [2.05, 4.69) is 10.6 Å². The Labute approximate surface area is 172 Å². The molecular weight excluding hydrogens is 387 g/mol. The monoisotopic (exact) mass is 406 g/mol. The van der Waals surface area contributed by atoms with Crippen LogP contribution in [0.3, 0.4) is 0 Å². The molecule has 0 aromatic heterocycles. The zero-order chi connectivity index (χ0) is 21.5. The third-order valence-electron chi connectivity index (χ3n) is 4.02. The average molecular weight is 406 g/mol. The van der Waals surface area contributed by atoms with E-state index in [4.69, 9.17) is 4.74 Å². The molecule has 30 heavy (non-hydrogen) atoms. The van der Waals surface area contributed by atoms with Crippen molar-refractivity contribution in [1.82, 2.24) is 0 Å². The van der Waals surface area contributed by atoms with Crippen LogP contribution in [0.2, 0.25) is 0 Å². The number of rotatable bonds is 6. The summed E-state index contributed by atoms with van der Waals surface area (Å²) >= 11 is 0. The fraction of sp³-hybridized carbons (Fsp3) is 0.0870. The summed E-state index contributed by atoms with van der Waals surface area (Å²) in [5.74, 6) is -1.31. The third kappa shape index (κ3) is 6.00. The topological polar surface area (TPSA) is 84.5 Å². The van der Waals surface area contributed by atoms with Gasteiger partial charge in [-0.25, -0.2) is 4.39 Å². The fourth-order valence-corrected chi connectivity index (χ4v) is 2.78. The van der Waals surface area contributed by atoms with Gasteiger partial charge in [0.05, 0.1) is 6.42 Å². The average Bonchev–Trinajstić information content (AvgIpc) is 2.68. The van der Waals surface area contributed by atoms with E-state index in [9.17, 15) is 18.8 Å². The standard InChI is InChI=1S/C23H19FN2O4/c1-15(27)30-21-10-3-6-17(13-21)23(29)26-20-9-4-8-19(14-20)25-22(28)12-16-5-2-7-18(24)11-16/h2-11,13-14H,12H2,1H3,(H,25,28)(H,26,29). The Morgan fingerprint density at radius 3 is 2.30 bits per heavy atom. The summed E-state index contributed by atoms with van der Waals surface area (Å²) in [5, 5.41) is 5.45. The molecule has 0 spiro atoms. The molecule has 0 bridgehead atoms. The number of esters is 1. The number of hydrogen-bond acceptors (Lipinski definition) is 4. The van der Waals surface area contributed by atoms with Crippen molar-refractivity contribution in [1.29, 1.82) is 0 Å². The van der Waals surface area contributed by atoms with Crippen molar-refractivity contribution in [2.75, 3.05) is 10.6 Å². The van der Waals surface area contributed by atoms with Gasteiger partial charge in [0, 0.05) is 23.9 Å². The van der Waals surface area contributed by atoms with Crippen LogP contribution >= 0.6 is 0 Å². The first kappa shape index (κ1) is 20.7. The Morgan fingerprint density at radius 2 is 1.57 bits per heavy atom. The highest BCUT2D eigenvalue weighted by Gasteiger charge is 2.10. The highest BCUT2D eigenvalue weighted by molar-refractivity contribution is 6.05. The zero-order valence-electron chi connectivity index (χ0n) is 16.1. The Hall–Kier alpha value is -4.00. The van der Waals surface area contributed by atoms with Gasteiger partial charge >= 0.3 is 5.97 Å². The van der Waals surface area contributed by atoms with Gasteiger partial charge in [0.2, 0.25) is 5.91 Å². The highest BCUT2D eigenvalue weighted by Crippen LogP contribution is 2.19. The second-order valence-electron chi connectivity index (χ2n) is 6.51. The molecule has 0 fully saturated rings. The molecule has 0 radical (unpaired) electrons. The largest absolute Gasteiger partial charge is 0.427 e. The van der Waals surface area contributed by atoms with Gasteiger partial charge in [0.15, 0.2) is 0 Å². The van der Waals surface area contributed by atoms with Crippen molar-refractivity contribution < 1.29 is 23.5 Å². The summed E-state index contributed by atoms with van der Waals surface area (Å²) in [6.45, 7) is 1.28. The zero-order valence-corrected chi connectivity index (χ0v) is 16.1. The first-order valence-corrected chi connectivity index (χ1v) is 9.13. The van der Waals surface area contributed by atoms with Gasteiger partial charge in [-0.3, -0.25) is 14.4 Å². The van der Waals surface area contributed by atoms with Gasteiger partial charge < -0.3 is 15.4 Å². The second-order valence-corrected chi connectivity index (χ2v) is 6.51. The molecule has 0 unspecified atom stereocenters. The molecular formula is C23H19FN2O4. The molecule has 0 saturated heterocycles. The van der Waals surface area contributed by atoms with Gasteiger partial charge in [-0.15, -0.1) is 0 Å². The predicted octanol–water partition coefficient (Wildman–Crippen LogP) is 4.18. The van der Waals surface area contributed by atoms with Crippen molar-refractivity contribution in [2.24, 2.45) is 0 Å². The smallest absolute Gasteiger partial charge is 0.308 e. The minimum Gasteiger partial charge on any atom is -0.427 e. The lowest BCUT2D eigenvalue weighted by molar-refractivity contribution is -0.131. The van der Waals surface area contributed by atoms with Gasteiger partial charge in [0.25, 0.3) is 5.91 Å². The van der Waals surface area contributed by atoms with Crippen LogP contribution in [0.1, 0.15) is 22.8 Å². The maximum atomic E-state index is 13.2. The predicted molar refractivity (Wildman–Crippen MR) is 111 cm³/mol. The van der Waals surface area contributed by atoms with Crippen molar-refractivity contribution >= 4 is 29.2 Å². The van der Waals surface area contributed by atoms with Crippen LogP contribution in [0.4, 0.5) is 15.8 Å². The van der Waals surface area contributed by atoms with Gasteiger partial charge in [0.1, 0.15) is 11.6 Å². The SMILES string of the molecule is CC(=O)Oc1cccc(C(=O)Nc2cccc(NC(=O)Cc3cccc(F)c3)c2)c1.